The van der Waals surface area contributed by atoms with Gasteiger partial charge in [-0.05, 0) is 31.2 Å². The zero-order valence-corrected chi connectivity index (χ0v) is 12.8. The molecule has 0 fully saturated rings. The number of thiophene rings is 1. The van der Waals surface area contributed by atoms with Crippen molar-refractivity contribution in [3.8, 4) is 10.6 Å². The normalized spacial score (nSPS) is 11.1. The van der Waals surface area contributed by atoms with Crippen molar-refractivity contribution in [1.82, 2.24) is 14.4 Å². The van der Waals surface area contributed by atoms with Crippen LogP contribution in [0, 0.1) is 6.92 Å². The summed E-state index contributed by atoms with van der Waals surface area (Å²) in [6.45, 7) is 2.71. The Kier molecular flexibility index (Phi) is 3.16. The fourth-order valence-electron chi connectivity index (χ4n) is 2.39. The number of anilines is 1. The number of imidazole rings is 1. The number of nitrogens with zero attached hydrogens (tertiary/aromatic N) is 3. The summed E-state index contributed by atoms with van der Waals surface area (Å²) in [5.41, 5.74) is 1.77. The summed E-state index contributed by atoms with van der Waals surface area (Å²) in [6, 6.07) is 8.05. The molecule has 0 unspecified atom stereocenters. The minimum Gasteiger partial charge on any atom is -0.467 e. The van der Waals surface area contributed by atoms with E-state index in [9.17, 15) is 0 Å². The molecule has 6 heteroatoms. The number of aryl methyl sites for hydroxylation is 1. The molecule has 4 rings (SSSR count). The summed E-state index contributed by atoms with van der Waals surface area (Å²) in [7, 11) is 0. The van der Waals surface area contributed by atoms with E-state index in [4.69, 9.17) is 9.40 Å². The largest absolute Gasteiger partial charge is 0.467 e. The van der Waals surface area contributed by atoms with Gasteiger partial charge in [-0.2, -0.15) is 0 Å². The molecule has 0 saturated heterocycles. The SMILES string of the molecule is Cc1ccc(-c2nc3cnccn3c2NCc2ccco2)s1. The average Bonchev–Trinajstić information content (AvgIpc) is 3.24. The van der Waals surface area contributed by atoms with Crippen molar-refractivity contribution in [2.75, 3.05) is 5.32 Å². The van der Waals surface area contributed by atoms with Gasteiger partial charge in [0.2, 0.25) is 0 Å². The summed E-state index contributed by atoms with van der Waals surface area (Å²) in [4.78, 5) is 11.3. The second-order valence-electron chi connectivity index (χ2n) is 4.96. The van der Waals surface area contributed by atoms with Crippen molar-refractivity contribution in [3.63, 3.8) is 0 Å². The highest BCUT2D eigenvalue weighted by Gasteiger charge is 2.15. The smallest absolute Gasteiger partial charge is 0.157 e. The monoisotopic (exact) mass is 310 g/mol. The Labute approximate surface area is 131 Å². The lowest BCUT2D eigenvalue weighted by Gasteiger charge is -2.06. The summed E-state index contributed by atoms with van der Waals surface area (Å²) >= 11 is 1.73. The molecule has 0 spiro atoms. The van der Waals surface area contributed by atoms with Crippen molar-refractivity contribution in [3.05, 3.63) is 59.8 Å². The third kappa shape index (κ3) is 2.27. The third-order valence-electron chi connectivity index (χ3n) is 3.41. The average molecular weight is 310 g/mol. The van der Waals surface area contributed by atoms with E-state index in [1.54, 1.807) is 30.0 Å². The topological polar surface area (TPSA) is 55.4 Å². The highest BCUT2D eigenvalue weighted by molar-refractivity contribution is 7.15. The quantitative estimate of drug-likeness (QED) is 0.619. The second kappa shape index (κ2) is 5.31. The van der Waals surface area contributed by atoms with Gasteiger partial charge >= 0.3 is 0 Å². The van der Waals surface area contributed by atoms with E-state index in [0.717, 1.165) is 27.8 Å². The van der Waals surface area contributed by atoms with Gasteiger partial charge in [-0.15, -0.1) is 11.3 Å². The van der Waals surface area contributed by atoms with E-state index in [-0.39, 0.29) is 0 Å². The third-order valence-corrected chi connectivity index (χ3v) is 4.42. The molecule has 0 saturated carbocycles. The highest BCUT2D eigenvalue weighted by atomic mass is 32.1. The van der Waals surface area contributed by atoms with E-state index in [0.29, 0.717) is 6.54 Å². The molecule has 0 radical (unpaired) electrons. The fourth-order valence-corrected chi connectivity index (χ4v) is 3.25. The summed E-state index contributed by atoms with van der Waals surface area (Å²) in [5, 5.41) is 3.43. The molecule has 4 aromatic rings. The first-order valence-corrected chi connectivity index (χ1v) is 7.78. The summed E-state index contributed by atoms with van der Waals surface area (Å²) in [6.07, 6.45) is 7.12. The van der Waals surface area contributed by atoms with Crippen molar-refractivity contribution >= 4 is 22.8 Å². The van der Waals surface area contributed by atoms with Crippen molar-refractivity contribution < 1.29 is 4.42 Å². The Morgan fingerprint density at radius 1 is 1.32 bits per heavy atom. The molecule has 0 bridgehead atoms. The Morgan fingerprint density at radius 3 is 3.05 bits per heavy atom. The number of furan rings is 1. The van der Waals surface area contributed by atoms with Crippen LogP contribution in [0.5, 0.6) is 0 Å². The molecule has 1 N–H and O–H groups in total. The number of nitrogens with one attached hydrogen (secondary N) is 1. The molecule has 110 valence electrons. The van der Waals surface area contributed by atoms with Gasteiger partial charge in [-0.3, -0.25) is 9.38 Å². The first kappa shape index (κ1) is 13.1. The minimum atomic E-state index is 0.612. The zero-order chi connectivity index (χ0) is 14.9. The van der Waals surface area contributed by atoms with Gasteiger partial charge in [-0.1, -0.05) is 0 Å². The molecule has 0 aromatic carbocycles. The van der Waals surface area contributed by atoms with Crippen LogP contribution in [0.25, 0.3) is 16.2 Å². The van der Waals surface area contributed by atoms with Crippen molar-refractivity contribution in [1.29, 1.82) is 0 Å². The minimum absolute atomic E-state index is 0.612. The van der Waals surface area contributed by atoms with Crippen LogP contribution >= 0.6 is 11.3 Å². The van der Waals surface area contributed by atoms with Crippen LogP contribution < -0.4 is 5.32 Å². The summed E-state index contributed by atoms with van der Waals surface area (Å²) < 4.78 is 7.41. The second-order valence-corrected chi connectivity index (χ2v) is 6.24. The van der Waals surface area contributed by atoms with E-state index in [1.165, 1.54) is 4.88 Å². The van der Waals surface area contributed by atoms with Crippen LogP contribution in [0.1, 0.15) is 10.6 Å². The number of hydrogen-bond donors (Lipinski definition) is 1. The van der Waals surface area contributed by atoms with E-state index >= 15 is 0 Å². The van der Waals surface area contributed by atoms with Crippen LogP contribution in [0.2, 0.25) is 0 Å². The molecular formula is C16H14N4OS. The van der Waals surface area contributed by atoms with Crippen LogP contribution in [-0.2, 0) is 6.54 Å². The maximum absolute atomic E-state index is 5.39. The van der Waals surface area contributed by atoms with Gasteiger partial charge in [0, 0.05) is 17.3 Å². The highest BCUT2D eigenvalue weighted by Crippen LogP contribution is 2.33. The van der Waals surface area contributed by atoms with Gasteiger partial charge in [0.05, 0.1) is 23.9 Å². The first-order valence-electron chi connectivity index (χ1n) is 6.96. The first-order chi connectivity index (χ1) is 10.8. The molecule has 4 heterocycles. The number of rotatable bonds is 4. The van der Waals surface area contributed by atoms with Gasteiger partial charge in [-0.25, -0.2) is 4.98 Å². The standard InChI is InChI=1S/C16H14N4OS/c1-11-4-5-13(22-11)15-16(18-9-12-3-2-8-21-12)20-7-6-17-10-14(20)19-15/h2-8,10,18H,9H2,1H3. The lowest BCUT2D eigenvalue weighted by molar-refractivity contribution is 0.518. The number of hydrogen-bond acceptors (Lipinski definition) is 5. The van der Waals surface area contributed by atoms with Gasteiger partial charge in [0.1, 0.15) is 17.3 Å². The Hall–Kier alpha value is -2.60. The van der Waals surface area contributed by atoms with Crippen LogP contribution in [0.4, 0.5) is 5.82 Å². The predicted octanol–water partition coefficient (Wildman–Crippen LogP) is 3.97. The van der Waals surface area contributed by atoms with Gasteiger partial charge in [0.15, 0.2) is 5.65 Å². The van der Waals surface area contributed by atoms with Crippen LogP contribution in [-0.4, -0.2) is 14.4 Å². The molecule has 0 atom stereocenters. The predicted molar refractivity (Wildman–Crippen MR) is 87.1 cm³/mol. The number of aromatic nitrogens is 3. The zero-order valence-electron chi connectivity index (χ0n) is 12.0. The molecule has 0 aliphatic heterocycles. The van der Waals surface area contributed by atoms with E-state index < -0.39 is 0 Å². The molecule has 22 heavy (non-hydrogen) atoms. The molecule has 5 nitrogen and oxygen atoms in total. The Morgan fingerprint density at radius 2 is 2.27 bits per heavy atom. The van der Waals surface area contributed by atoms with Crippen LogP contribution in [0.3, 0.4) is 0 Å². The lowest BCUT2D eigenvalue weighted by Crippen LogP contribution is -2.02. The lowest BCUT2D eigenvalue weighted by atomic mass is 10.3. The van der Waals surface area contributed by atoms with E-state index in [1.807, 2.05) is 22.7 Å². The molecule has 0 aliphatic rings. The van der Waals surface area contributed by atoms with E-state index in [2.05, 4.69) is 29.4 Å². The number of fused-ring (bicyclic) bond motifs is 1. The Balaban J connectivity index is 1.79. The van der Waals surface area contributed by atoms with Gasteiger partial charge in [0.25, 0.3) is 0 Å². The van der Waals surface area contributed by atoms with Gasteiger partial charge < -0.3 is 9.73 Å². The fraction of sp³-hybridized carbons (Fsp3) is 0.125. The van der Waals surface area contributed by atoms with Crippen LogP contribution in [0.15, 0.2) is 53.5 Å². The maximum atomic E-state index is 5.39. The molecule has 4 aromatic heterocycles. The molecule has 0 amide bonds. The van der Waals surface area contributed by atoms with Crippen molar-refractivity contribution in [2.24, 2.45) is 0 Å². The summed E-state index contributed by atoms with van der Waals surface area (Å²) in [5.74, 6) is 1.84. The maximum Gasteiger partial charge on any atom is 0.157 e. The Bertz CT molecular complexity index is 907. The van der Waals surface area contributed by atoms with Crippen molar-refractivity contribution in [2.45, 2.75) is 13.5 Å². The molecule has 0 aliphatic carbocycles. The molecular weight excluding hydrogens is 296 g/mol.